The first-order valence-electron chi connectivity index (χ1n) is 0.993. The molecule has 0 radical (unpaired) electrons. The summed E-state index contributed by atoms with van der Waals surface area (Å²) in [7, 11) is 0. The minimum Gasteiger partial charge on any atom is -1.00 e. The number of amides is 1. The molecule has 0 aliphatic rings. The van der Waals surface area contributed by atoms with Crippen LogP contribution in [0.2, 0.25) is 0 Å². The van der Waals surface area contributed by atoms with E-state index in [0.29, 0.717) is 0 Å². The summed E-state index contributed by atoms with van der Waals surface area (Å²) in [6, 6.07) is 0. The van der Waals surface area contributed by atoms with E-state index in [1.807, 2.05) is 0 Å². The molecule has 5 heavy (non-hydrogen) atoms. The third-order valence-corrected chi connectivity index (χ3v) is 0. The standard InChI is InChI=1S/C2H5NO.K.H/c1-2(3)4;;/h1H3,(H2,3,4);;/q;+1;-1. The predicted molar refractivity (Wildman–Crippen MR) is 16.0 cm³/mol. The summed E-state index contributed by atoms with van der Waals surface area (Å²) in [6.45, 7) is 1.31. The fourth-order valence-corrected chi connectivity index (χ4v) is 0. The molecule has 0 saturated heterocycles. The van der Waals surface area contributed by atoms with Crippen molar-refractivity contribution in [1.82, 2.24) is 0 Å². The Balaban J connectivity index is -0.0000000450. The molecule has 0 bridgehead atoms. The number of hydrogen-bond acceptors (Lipinski definition) is 1. The molecule has 1 amide bonds. The van der Waals surface area contributed by atoms with Gasteiger partial charge in [0.1, 0.15) is 0 Å². The Bertz CT molecular complexity index is 36.5. The second-order valence-corrected chi connectivity index (χ2v) is 0.611. The van der Waals surface area contributed by atoms with Gasteiger partial charge < -0.3 is 7.16 Å². The summed E-state index contributed by atoms with van der Waals surface area (Å²) >= 11 is 0. The maximum atomic E-state index is 9.22. The Kier molecular flexibility index (Phi) is 9.64. The van der Waals surface area contributed by atoms with Crippen molar-refractivity contribution in [3.63, 3.8) is 0 Å². The molecule has 0 aromatic heterocycles. The van der Waals surface area contributed by atoms with Gasteiger partial charge in [0.05, 0.1) is 0 Å². The molecule has 0 aromatic carbocycles. The molecule has 0 aliphatic carbocycles. The molecule has 0 spiro atoms. The molecule has 0 aromatic rings. The van der Waals surface area contributed by atoms with Crippen molar-refractivity contribution in [1.29, 1.82) is 0 Å². The number of carbonyl (C=O) groups is 1. The first-order chi connectivity index (χ1) is 1.73. The first kappa shape index (κ1) is 9.44. The average molecular weight is 99.2 g/mol. The van der Waals surface area contributed by atoms with Crippen LogP contribution in [0.1, 0.15) is 8.35 Å². The van der Waals surface area contributed by atoms with Gasteiger partial charge in [-0.15, -0.1) is 0 Å². The Morgan fingerprint density at radius 1 is 2.00 bits per heavy atom. The fourth-order valence-electron chi connectivity index (χ4n) is 0. The van der Waals surface area contributed by atoms with E-state index in [4.69, 9.17) is 0 Å². The van der Waals surface area contributed by atoms with Gasteiger partial charge in [0, 0.05) is 6.92 Å². The second-order valence-electron chi connectivity index (χ2n) is 0.611. The minimum atomic E-state index is -0.333. The van der Waals surface area contributed by atoms with Gasteiger partial charge in [0.15, 0.2) is 0 Å². The smallest absolute Gasteiger partial charge is 1.00 e. The molecule has 2 N–H and O–H groups in total. The van der Waals surface area contributed by atoms with Gasteiger partial charge in [-0.25, -0.2) is 0 Å². The molecular formula is C2H6KNO. The summed E-state index contributed by atoms with van der Waals surface area (Å²) in [5.74, 6) is -0.333. The third kappa shape index (κ3) is 40.3. The van der Waals surface area contributed by atoms with Gasteiger partial charge in [-0.05, 0) is 0 Å². The summed E-state index contributed by atoms with van der Waals surface area (Å²) in [5.41, 5.74) is 4.47. The van der Waals surface area contributed by atoms with Gasteiger partial charge in [-0.1, -0.05) is 0 Å². The van der Waals surface area contributed by atoms with Crippen molar-refractivity contribution in [2.24, 2.45) is 5.73 Å². The quantitative estimate of drug-likeness (QED) is 0.316. The van der Waals surface area contributed by atoms with E-state index in [9.17, 15) is 4.79 Å². The monoisotopic (exact) mass is 99.0 g/mol. The Hall–Kier alpha value is 1.11. The largest absolute Gasteiger partial charge is 1.00 e. The summed E-state index contributed by atoms with van der Waals surface area (Å²) in [5, 5.41) is 0. The topological polar surface area (TPSA) is 43.1 Å². The van der Waals surface area contributed by atoms with Gasteiger partial charge >= 0.3 is 51.4 Å². The molecule has 26 valence electrons. The number of primary amides is 1. The number of rotatable bonds is 0. The van der Waals surface area contributed by atoms with Crippen molar-refractivity contribution < 1.29 is 57.6 Å². The van der Waals surface area contributed by atoms with Crippen LogP contribution in [0.3, 0.4) is 0 Å². The molecular weight excluding hydrogens is 93.1 g/mol. The van der Waals surface area contributed by atoms with E-state index < -0.39 is 0 Å². The number of nitrogens with two attached hydrogens (primary N) is 1. The molecule has 0 saturated carbocycles. The van der Waals surface area contributed by atoms with Gasteiger partial charge in [0.25, 0.3) is 0 Å². The second kappa shape index (κ2) is 5.11. The zero-order valence-electron chi connectivity index (χ0n) is 4.49. The van der Waals surface area contributed by atoms with Crippen molar-refractivity contribution in [2.75, 3.05) is 0 Å². The number of hydrogen-bond donors (Lipinski definition) is 1. The van der Waals surface area contributed by atoms with E-state index in [0.717, 1.165) is 0 Å². The Morgan fingerprint density at radius 2 is 2.00 bits per heavy atom. The summed E-state index contributed by atoms with van der Waals surface area (Å²) in [4.78, 5) is 9.22. The summed E-state index contributed by atoms with van der Waals surface area (Å²) in [6.07, 6.45) is 0. The molecule has 0 rings (SSSR count). The third-order valence-electron chi connectivity index (χ3n) is 0. The van der Waals surface area contributed by atoms with E-state index in [1.165, 1.54) is 6.92 Å². The zero-order chi connectivity index (χ0) is 3.58. The van der Waals surface area contributed by atoms with Gasteiger partial charge in [-0.2, -0.15) is 0 Å². The SMILES string of the molecule is CC(N)=O.[H-].[K+]. The Morgan fingerprint density at radius 3 is 2.00 bits per heavy atom. The van der Waals surface area contributed by atoms with Gasteiger partial charge in [0.2, 0.25) is 5.91 Å². The van der Waals surface area contributed by atoms with Crippen LogP contribution in [-0.4, -0.2) is 5.91 Å². The molecule has 3 heteroatoms. The number of carbonyl (C=O) groups excluding carboxylic acids is 1. The van der Waals surface area contributed by atoms with Crippen molar-refractivity contribution >= 4 is 5.91 Å². The van der Waals surface area contributed by atoms with Crippen LogP contribution in [0.5, 0.6) is 0 Å². The molecule has 0 aliphatic heterocycles. The van der Waals surface area contributed by atoms with Crippen LogP contribution in [0.4, 0.5) is 0 Å². The van der Waals surface area contributed by atoms with E-state index in [1.54, 1.807) is 0 Å². The van der Waals surface area contributed by atoms with Crippen LogP contribution >= 0.6 is 0 Å². The summed E-state index contributed by atoms with van der Waals surface area (Å²) < 4.78 is 0. The van der Waals surface area contributed by atoms with E-state index >= 15 is 0 Å². The van der Waals surface area contributed by atoms with Gasteiger partial charge in [-0.3, -0.25) is 4.79 Å². The average Bonchev–Trinajstić information content (AvgIpc) is 0.811. The maximum absolute atomic E-state index is 9.22. The van der Waals surface area contributed by atoms with Crippen LogP contribution in [0.25, 0.3) is 0 Å². The van der Waals surface area contributed by atoms with Crippen molar-refractivity contribution in [3.05, 3.63) is 0 Å². The van der Waals surface area contributed by atoms with Crippen LogP contribution in [-0.2, 0) is 4.79 Å². The minimum absolute atomic E-state index is 0. The van der Waals surface area contributed by atoms with Crippen LogP contribution in [0, 0.1) is 0 Å². The van der Waals surface area contributed by atoms with E-state index in [2.05, 4.69) is 5.73 Å². The van der Waals surface area contributed by atoms with E-state index in [-0.39, 0.29) is 58.7 Å². The Labute approximate surface area is 75.0 Å². The molecule has 2 nitrogen and oxygen atoms in total. The first-order valence-corrected chi connectivity index (χ1v) is 0.993. The molecule has 0 heterocycles. The molecule has 0 fully saturated rings. The van der Waals surface area contributed by atoms with Crippen molar-refractivity contribution in [3.8, 4) is 0 Å². The maximum Gasteiger partial charge on any atom is 1.00 e. The molecule has 0 unspecified atom stereocenters. The normalized spacial score (nSPS) is 5.00. The fraction of sp³-hybridized carbons (Fsp3) is 0.500. The zero-order valence-corrected chi connectivity index (χ0v) is 6.61. The van der Waals surface area contributed by atoms with Crippen molar-refractivity contribution in [2.45, 2.75) is 6.92 Å². The van der Waals surface area contributed by atoms with Crippen LogP contribution in [0.15, 0.2) is 0 Å². The predicted octanol–water partition coefficient (Wildman–Crippen LogP) is -3.39. The molecule has 0 atom stereocenters. The van der Waals surface area contributed by atoms with Crippen LogP contribution < -0.4 is 57.1 Å².